The van der Waals surface area contributed by atoms with E-state index in [1.807, 2.05) is 0 Å². The molecule has 3 N–H and O–H groups in total. The Bertz CT molecular complexity index is 414. The molecule has 0 atom stereocenters. The first-order chi connectivity index (χ1) is 7.48. The van der Waals surface area contributed by atoms with E-state index in [0.29, 0.717) is 18.8 Å². The predicted octanol–water partition coefficient (Wildman–Crippen LogP) is -0.0166. The van der Waals surface area contributed by atoms with Gasteiger partial charge in [0, 0.05) is 19.3 Å². The van der Waals surface area contributed by atoms with Crippen LogP contribution in [0.5, 0.6) is 0 Å². The van der Waals surface area contributed by atoms with Gasteiger partial charge in [0.15, 0.2) is 0 Å². The number of imidazole rings is 1. The second-order valence-electron chi connectivity index (χ2n) is 4.01. The summed E-state index contributed by atoms with van der Waals surface area (Å²) in [5.41, 5.74) is 5.07. The van der Waals surface area contributed by atoms with Gasteiger partial charge in [0.2, 0.25) is 0 Å². The van der Waals surface area contributed by atoms with E-state index in [1.54, 1.807) is 30.9 Å². The summed E-state index contributed by atoms with van der Waals surface area (Å²) in [6.07, 6.45) is 8.50. The van der Waals surface area contributed by atoms with Gasteiger partial charge in [0.05, 0.1) is 11.9 Å². The minimum atomic E-state index is -0.672. The molecular weight excluding hydrogens is 204 g/mol. The second kappa shape index (κ2) is 4.81. The first-order valence-corrected chi connectivity index (χ1v) is 5.00. The van der Waals surface area contributed by atoms with Crippen LogP contribution in [0.2, 0.25) is 0 Å². The molecule has 1 amide bonds. The van der Waals surface area contributed by atoms with Gasteiger partial charge in [-0.05, 0) is 13.8 Å². The fraction of sp³-hybridized carbons (Fsp3) is 0.455. The van der Waals surface area contributed by atoms with E-state index in [9.17, 15) is 4.79 Å². The molecule has 16 heavy (non-hydrogen) atoms. The van der Waals surface area contributed by atoms with E-state index in [2.05, 4.69) is 16.2 Å². The maximum atomic E-state index is 11.7. The summed E-state index contributed by atoms with van der Waals surface area (Å²) in [5.74, 6) is 2.21. The smallest absolute Gasteiger partial charge is 0.272 e. The Hall–Kier alpha value is -1.80. The number of nitrogens with zero attached hydrogens (tertiary/aromatic N) is 2. The van der Waals surface area contributed by atoms with Gasteiger partial charge in [0.25, 0.3) is 5.91 Å². The molecule has 0 spiro atoms. The molecule has 0 aliphatic carbocycles. The number of aromatic nitrogens is 2. The summed E-state index contributed by atoms with van der Waals surface area (Å²) in [6, 6.07) is 0. The highest BCUT2D eigenvalue weighted by molar-refractivity contribution is 5.92. The molecule has 1 heterocycles. The molecule has 1 aromatic heterocycles. The molecule has 1 aromatic rings. The zero-order valence-corrected chi connectivity index (χ0v) is 9.53. The van der Waals surface area contributed by atoms with Crippen molar-refractivity contribution in [1.82, 2.24) is 14.9 Å². The molecule has 5 heteroatoms. The second-order valence-corrected chi connectivity index (χ2v) is 4.01. The largest absolute Gasteiger partial charge is 0.335 e. The van der Waals surface area contributed by atoms with Crippen LogP contribution in [0.1, 0.15) is 24.3 Å². The third kappa shape index (κ3) is 3.11. The highest BCUT2D eigenvalue weighted by Crippen LogP contribution is 2.02. The predicted molar refractivity (Wildman–Crippen MR) is 61.7 cm³/mol. The highest BCUT2D eigenvalue weighted by atomic mass is 16.2. The van der Waals surface area contributed by atoms with Crippen molar-refractivity contribution in [2.75, 3.05) is 6.54 Å². The van der Waals surface area contributed by atoms with Gasteiger partial charge >= 0.3 is 0 Å². The Labute approximate surface area is 95.0 Å². The summed E-state index contributed by atoms with van der Waals surface area (Å²) in [4.78, 5) is 15.7. The standard InChI is InChI=1S/C11H16N4O/c1-4-11(2,3)14-10(16)9-7-15(6-5-12)8-13-9/h1,7-8H,5-6,12H2,2-3H3,(H,14,16). The number of nitrogens with two attached hydrogens (primary N) is 1. The molecule has 5 nitrogen and oxygen atoms in total. The maximum Gasteiger partial charge on any atom is 0.272 e. The number of carbonyl (C=O) groups is 1. The van der Waals surface area contributed by atoms with Gasteiger partial charge in [-0.2, -0.15) is 0 Å². The van der Waals surface area contributed by atoms with Crippen molar-refractivity contribution < 1.29 is 4.79 Å². The quantitative estimate of drug-likeness (QED) is 0.701. The molecule has 0 radical (unpaired) electrons. The number of rotatable bonds is 4. The van der Waals surface area contributed by atoms with E-state index in [0.717, 1.165) is 0 Å². The van der Waals surface area contributed by atoms with Crippen LogP contribution in [0.3, 0.4) is 0 Å². The molecule has 0 bridgehead atoms. The summed E-state index contributed by atoms with van der Waals surface area (Å²) in [7, 11) is 0. The Morgan fingerprint density at radius 3 is 3.00 bits per heavy atom. The van der Waals surface area contributed by atoms with Crippen LogP contribution in [-0.4, -0.2) is 27.5 Å². The molecule has 0 saturated heterocycles. The number of nitrogens with one attached hydrogen (secondary N) is 1. The summed E-state index contributed by atoms with van der Waals surface area (Å²) >= 11 is 0. The molecular formula is C11H16N4O. The van der Waals surface area contributed by atoms with E-state index in [4.69, 9.17) is 12.2 Å². The van der Waals surface area contributed by atoms with Gasteiger partial charge in [0.1, 0.15) is 5.69 Å². The first-order valence-electron chi connectivity index (χ1n) is 5.00. The third-order valence-electron chi connectivity index (χ3n) is 2.04. The average Bonchev–Trinajstić information content (AvgIpc) is 2.66. The lowest BCUT2D eigenvalue weighted by Crippen LogP contribution is -2.42. The lowest BCUT2D eigenvalue weighted by atomic mass is 10.1. The molecule has 86 valence electrons. The first kappa shape index (κ1) is 12.3. The molecule has 0 unspecified atom stereocenters. The third-order valence-corrected chi connectivity index (χ3v) is 2.04. The van der Waals surface area contributed by atoms with Crippen molar-refractivity contribution in [3.63, 3.8) is 0 Å². The average molecular weight is 220 g/mol. The molecule has 1 rings (SSSR count). The van der Waals surface area contributed by atoms with Crippen molar-refractivity contribution >= 4 is 5.91 Å². The monoisotopic (exact) mass is 220 g/mol. The van der Waals surface area contributed by atoms with Crippen LogP contribution >= 0.6 is 0 Å². The van der Waals surface area contributed by atoms with Crippen LogP contribution in [0.25, 0.3) is 0 Å². The Balaban J connectivity index is 2.70. The van der Waals surface area contributed by atoms with E-state index in [1.165, 1.54) is 0 Å². The van der Waals surface area contributed by atoms with Crippen molar-refractivity contribution in [3.8, 4) is 12.3 Å². The minimum absolute atomic E-state index is 0.279. The summed E-state index contributed by atoms with van der Waals surface area (Å²) in [6.45, 7) is 4.65. The SMILES string of the molecule is C#CC(C)(C)NC(=O)c1cn(CCN)cn1. The van der Waals surface area contributed by atoms with Gasteiger partial charge < -0.3 is 15.6 Å². The number of hydrogen-bond donors (Lipinski definition) is 2. The number of carbonyl (C=O) groups excluding carboxylic acids is 1. The Morgan fingerprint density at radius 2 is 2.44 bits per heavy atom. The van der Waals surface area contributed by atoms with Crippen LogP contribution in [0.15, 0.2) is 12.5 Å². The van der Waals surface area contributed by atoms with Gasteiger partial charge in [-0.25, -0.2) is 4.98 Å². The maximum absolute atomic E-state index is 11.7. The van der Waals surface area contributed by atoms with Gasteiger partial charge in [-0.3, -0.25) is 4.79 Å². The fourth-order valence-electron chi connectivity index (χ4n) is 1.13. The van der Waals surface area contributed by atoms with Crippen LogP contribution in [0.4, 0.5) is 0 Å². The van der Waals surface area contributed by atoms with E-state index < -0.39 is 5.54 Å². The van der Waals surface area contributed by atoms with Crippen LogP contribution < -0.4 is 11.1 Å². The zero-order chi connectivity index (χ0) is 12.2. The normalized spacial score (nSPS) is 10.9. The summed E-state index contributed by atoms with van der Waals surface area (Å²) < 4.78 is 1.76. The van der Waals surface area contributed by atoms with Crippen molar-refractivity contribution in [3.05, 3.63) is 18.2 Å². The molecule has 0 fully saturated rings. The topological polar surface area (TPSA) is 72.9 Å². The zero-order valence-electron chi connectivity index (χ0n) is 9.53. The van der Waals surface area contributed by atoms with Gasteiger partial charge in [-0.1, -0.05) is 5.92 Å². The summed E-state index contributed by atoms with van der Waals surface area (Å²) in [5, 5.41) is 2.70. The number of amides is 1. The minimum Gasteiger partial charge on any atom is -0.335 e. The number of terminal acetylenes is 1. The van der Waals surface area contributed by atoms with Crippen LogP contribution in [-0.2, 0) is 6.54 Å². The molecule has 0 aromatic carbocycles. The van der Waals surface area contributed by atoms with Crippen molar-refractivity contribution in [2.24, 2.45) is 5.73 Å². The van der Waals surface area contributed by atoms with E-state index in [-0.39, 0.29) is 5.91 Å². The lowest BCUT2D eigenvalue weighted by Gasteiger charge is -2.18. The highest BCUT2D eigenvalue weighted by Gasteiger charge is 2.19. The van der Waals surface area contributed by atoms with Crippen molar-refractivity contribution in [1.29, 1.82) is 0 Å². The fourth-order valence-corrected chi connectivity index (χ4v) is 1.13. The molecule has 0 saturated carbocycles. The molecule has 0 aliphatic heterocycles. The lowest BCUT2D eigenvalue weighted by molar-refractivity contribution is 0.0925. The van der Waals surface area contributed by atoms with Gasteiger partial charge in [-0.15, -0.1) is 6.42 Å². The Kier molecular flexibility index (Phi) is 3.69. The van der Waals surface area contributed by atoms with Crippen molar-refractivity contribution in [2.45, 2.75) is 25.9 Å². The Morgan fingerprint density at radius 1 is 1.75 bits per heavy atom. The van der Waals surface area contributed by atoms with E-state index >= 15 is 0 Å². The number of hydrogen-bond acceptors (Lipinski definition) is 3. The van der Waals surface area contributed by atoms with Crippen LogP contribution in [0, 0.1) is 12.3 Å². The molecule has 0 aliphatic rings.